The van der Waals surface area contributed by atoms with Gasteiger partial charge in [-0.25, -0.2) is 8.42 Å². The number of anilines is 1. The molecule has 0 amide bonds. The average molecular weight is 385 g/mol. The summed E-state index contributed by atoms with van der Waals surface area (Å²) in [4.78, 5) is 2.00. The van der Waals surface area contributed by atoms with Crippen LogP contribution in [0.2, 0.25) is 0 Å². The zero-order chi connectivity index (χ0) is 17.9. The van der Waals surface area contributed by atoms with Crippen molar-refractivity contribution in [1.29, 1.82) is 0 Å². The van der Waals surface area contributed by atoms with Gasteiger partial charge in [-0.05, 0) is 55.7 Å². The van der Waals surface area contributed by atoms with E-state index in [1.807, 2.05) is 29.2 Å². The molecule has 0 bridgehead atoms. The van der Waals surface area contributed by atoms with E-state index in [-0.39, 0.29) is 23.7 Å². The molecule has 1 aromatic carbocycles. The van der Waals surface area contributed by atoms with E-state index in [4.69, 9.17) is 21.7 Å². The lowest BCUT2D eigenvalue weighted by atomic mass is 10.2. The largest absolute Gasteiger partial charge is 0.497 e. The number of nitrogens with one attached hydrogen (secondary N) is 1. The van der Waals surface area contributed by atoms with Crippen LogP contribution in [0.4, 0.5) is 5.69 Å². The van der Waals surface area contributed by atoms with Gasteiger partial charge in [-0.3, -0.25) is 0 Å². The SMILES string of the molecule is COc1ccc(NC(=S)N(C[C@H]2CCCO2)[C@H]2CCS(=O)(=O)C2)cc1. The van der Waals surface area contributed by atoms with Crippen LogP contribution in [-0.4, -0.2) is 62.3 Å². The predicted molar refractivity (Wildman–Crippen MR) is 102 cm³/mol. The van der Waals surface area contributed by atoms with Gasteiger partial charge in [0.1, 0.15) is 5.75 Å². The maximum absolute atomic E-state index is 11.9. The fourth-order valence-electron chi connectivity index (χ4n) is 3.30. The number of nitrogens with zero attached hydrogens (tertiary/aromatic N) is 1. The molecule has 0 radical (unpaired) electrons. The van der Waals surface area contributed by atoms with Gasteiger partial charge in [0.15, 0.2) is 14.9 Å². The minimum absolute atomic E-state index is 0.0903. The summed E-state index contributed by atoms with van der Waals surface area (Å²) in [6.45, 7) is 1.39. The number of rotatable bonds is 5. The first kappa shape index (κ1) is 18.4. The third-order valence-electron chi connectivity index (χ3n) is 4.68. The van der Waals surface area contributed by atoms with Crippen LogP contribution >= 0.6 is 12.2 Å². The van der Waals surface area contributed by atoms with Crippen molar-refractivity contribution in [2.24, 2.45) is 0 Å². The van der Waals surface area contributed by atoms with Crippen molar-refractivity contribution in [2.45, 2.75) is 31.4 Å². The molecule has 2 heterocycles. The quantitative estimate of drug-likeness (QED) is 0.780. The molecule has 138 valence electrons. The Kier molecular flexibility index (Phi) is 5.81. The molecule has 1 aromatic rings. The van der Waals surface area contributed by atoms with Gasteiger partial charge in [0.25, 0.3) is 0 Å². The van der Waals surface area contributed by atoms with Gasteiger partial charge < -0.3 is 19.7 Å². The number of thiocarbonyl (C=S) groups is 1. The Morgan fingerprint density at radius 3 is 2.68 bits per heavy atom. The van der Waals surface area contributed by atoms with Crippen molar-refractivity contribution in [2.75, 3.05) is 37.1 Å². The van der Waals surface area contributed by atoms with Gasteiger partial charge in [-0.15, -0.1) is 0 Å². The molecule has 0 aliphatic carbocycles. The smallest absolute Gasteiger partial charge is 0.173 e. The fraction of sp³-hybridized carbons (Fsp3) is 0.588. The van der Waals surface area contributed by atoms with Crippen molar-refractivity contribution in [3.05, 3.63) is 24.3 Å². The number of hydrogen-bond acceptors (Lipinski definition) is 5. The molecule has 6 nitrogen and oxygen atoms in total. The molecule has 2 saturated heterocycles. The van der Waals surface area contributed by atoms with Crippen molar-refractivity contribution in [3.8, 4) is 5.75 Å². The minimum Gasteiger partial charge on any atom is -0.497 e. The Morgan fingerprint density at radius 1 is 1.36 bits per heavy atom. The third kappa shape index (κ3) is 4.83. The van der Waals surface area contributed by atoms with Crippen LogP contribution in [-0.2, 0) is 14.6 Å². The lowest BCUT2D eigenvalue weighted by Gasteiger charge is -2.33. The summed E-state index contributed by atoms with van der Waals surface area (Å²) < 4.78 is 34.7. The molecule has 0 saturated carbocycles. The van der Waals surface area contributed by atoms with E-state index >= 15 is 0 Å². The Morgan fingerprint density at radius 2 is 2.12 bits per heavy atom. The number of hydrogen-bond donors (Lipinski definition) is 1. The molecule has 0 spiro atoms. The van der Waals surface area contributed by atoms with E-state index in [9.17, 15) is 8.42 Å². The fourth-order valence-corrected chi connectivity index (χ4v) is 5.37. The van der Waals surface area contributed by atoms with E-state index in [2.05, 4.69) is 5.32 Å². The van der Waals surface area contributed by atoms with E-state index in [0.29, 0.717) is 18.1 Å². The Labute approximate surface area is 154 Å². The molecule has 2 aliphatic rings. The average Bonchev–Trinajstić information content (AvgIpc) is 3.22. The van der Waals surface area contributed by atoms with Crippen LogP contribution in [0.15, 0.2) is 24.3 Å². The van der Waals surface area contributed by atoms with Gasteiger partial charge in [-0.1, -0.05) is 0 Å². The molecule has 8 heteroatoms. The van der Waals surface area contributed by atoms with Gasteiger partial charge in [0, 0.05) is 24.9 Å². The Balaban J connectivity index is 1.71. The van der Waals surface area contributed by atoms with Crippen LogP contribution in [0, 0.1) is 0 Å². The molecule has 0 aromatic heterocycles. The highest BCUT2D eigenvalue weighted by Crippen LogP contribution is 2.23. The summed E-state index contributed by atoms with van der Waals surface area (Å²) in [5.41, 5.74) is 0.851. The standard InChI is InChI=1S/C17H24N2O4S2/c1-22-15-6-4-13(5-7-15)18-17(24)19(11-16-3-2-9-23-16)14-8-10-25(20,21)12-14/h4-7,14,16H,2-3,8-12H2,1H3,(H,18,24)/t14-,16+/m0/s1. The van der Waals surface area contributed by atoms with Crippen LogP contribution in [0.25, 0.3) is 0 Å². The molecule has 3 rings (SSSR count). The topological polar surface area (TPSA) is 67.9 Å². The lowest BCUT2D eigenvalue weighted by molar-refractivity contribution is 0.0851. The summed E-state index contributed by atoms with van der Waals surface area (Å²) in [7, 11) is -1.35. The van der Waals surface area contributed by atoms with E-state index in [1.54, 1.807) is 7.11 Å². The second-order valence-electron chi connectivity index (χ2n) is 6.50. The summed E-state index contributed by atoms with van der Waals surface area (Å²) in [5, 5.41) is 3.77. The van der Waals surface area contributed by atoms with Crippen LogP contribution in [0.5, 0.6) is 5.75 Å². The summed E-state index contributed by atoms with van der Waals surface area (Å²) in [6.07, 6.45) is 2.75. The number of ether oxygens (including phenoxy) is 2. The van der Waals surface area contributed by atoms with Crippen molar-refractivity contribution < 1.29 is 17.9 Å². The molecule has 2 fully saturated rings. The lowest BCUT2D eigenvalue weighted by Crippen LogP contribution is -2.47. The number of methoxy groups -OCH3 is 1. The van der Waals surface area contributed by atoms with Crippen molar-refractivity contribution in [1.82, 2.24) is 4.90 Å². The van der Waals surface area contributed by atoms with Gasteiger partial charge in [0.2, 0.25) is 0 Å². The molecule has 2 aliphatic heterocycles. The second kappa shape index (κ2) is 7.88. The minimum atomic E-state index is -2.98. The molecule has 2 atom stereocenters. The first-order chi connectivity index (χ1) is 12.0. The highest BCUT2D eigenvalue weighted by Gasteiger charge is 2.35. The first-order valence-electron chi connectivity index (χ1n) is 8.50. The van der Waals surface area contributed by atoms with Crippen molar-refractivity contribution in [3.63, 3.8) is 0 Å². The predicted octanol–water partition coefficient (Wildman–Crippen LogP) is 2.06. The monoisotopic (exact) mass is 384 g/mol. The van der Waals surface area contributed by atoms with Gasteiger partial charge in [0.05, 0.1) is 24.7 Å². The van der Waals surface area contributed by atoms with Crippen LogP contribution in [0.1, 0.15) is 19.3 Å². The molecular weight excluding hydrogens is 360 g/mol. The van der Waals surface area contributed by atoms with Gasteiger partial charge >= 0.3 is 0 Å². The number of benzene rings is 1. The van der Waals surface area contributed by atoms with Gasteiger partial charge in [-0.2, -0.15) is 0 Å². The van der Waals surface area contributed by atoms with Crippen molar-refractivity contribution >= 4 is 32.9 Å². The van der Waals surface area contributed by atoms with E-state index in [0.717, 1.165) is 30.9 Å². The summed E-state index contributed by atoms with van der Waals surface area (Å²) in [5.74, 6) is 1.16. The van der Waals surface area contributed by atoms with E-state index in [1.165, 1.54) is 0 Å². The summed E-state index contributed by atoms with van der Waals surface area (Å²) >= 11 is 5.60. The third-order valence-corrected chi connectivity index (χ3v) is 6.76. The number of sulfone groups is 1. The highest BCUT2D eigenvalue weighted by molar-refractivity contribution is 7.91. The molecule has 1 N–H and O–H groups in total. The molecule has 0 unspecified atom stereocenters. The maximum atomic E-state index is 11.9. The zero-order valence-electron chi connectivity index (χ0n) is 14.3. The molecule has 25 heavy (non-hydrogen) atoms. The maximum Gasteiger partial charge on any atom is 0.173 e. The first-order valence-corrected chi connectivity index (χ1v) is 10.7. The zero-order valence-corrected chi connectivity index (χ0v) is 15.9. The van der Waals surface area contributed by atoms with Crippen LogP contribution in [0.3, 0.4) is 0 Å². The van der Waals surface area contributed by atoms with Crippen LogP contribution < -0.4 is 10.1 Å². The highest BCUT2D eigenvalue weighted by atomic mass is 32.2. The molecular formula is C17H24N2O4S2. The second-order valence-corrected chi connectivity index (χ2v) is 9.12. The Hall–Kier alpha value is -1.38. The van der Waals surface area contributed by atoms with E-state index < -0.39 is 9.84 Å². The summed E-state index contributed by atoms with van der Waals surface area (Å²) in [6, 6.07) is 7.40. The Bertz CT molecular complexity index is 700. The normalized spacial score (nSPS) is 24.8.